The number of carbonyl (C=O) groups excluding carboxylic acids is 1. The van der Waals surface area contributed by atoms with E-state index in [0.717, 1.165) is 40.1 Å². The molecule has 2 heterocycles. The minimum absolute atomic E-state index is 0.104. The molecule has 0 radical (unpaired) electrons. The Kier molecular flexibility index (Phi) is 4.52. The molecule has 1 fully saturated rings. The molecule has 2 aromatic rings. The van der Waals surface area contributed by atoms with Crippen LogP contribution in [-0.4, -0.2) is 49.1 Å². The lowest BCUT2D eigenvalue weighted by atomic mass is 10.2. The number of anilines is 1. The average molecular weight is 331 g/mol. The highest BCUT2D eigenvalue weighted by Gasteiger charge is 2.26. The third kappa shape index (κ3) is 3.17. The van der Waals surface area contributed by atoms with Gasteiger partial charge in [-0.1, -0.05) is 12.1 Å². The molecule has 1 aliphatic heterocycles. The molecule has 5 nitrogen and oxygen atoms in total. The summed E-state index contributed by atoms with van der Waals surface area (Å²) >= 11 is 1.48. The molecule has 1 aromatic heterocycles. The third-order valence-electron chi connectivity index (χ3n) is 4.09. The zero-order chi connectivity index (χ0) is 16.4. The van der Waals surface area contributed by atoms with Gasteiger partial charge in [-0.05, 0) is 26.0 Å². The Labute approximate surface area is 140 Å². The molecule has 0 atom stereocenters. The lowest BCUT2D eigenvalue weighted by molar-refractivity contribution is 0.0750. The van der Waals surface area contributed by atoms with Gasteiger partial charge in [0.15, 0.2) is 0 Å². The second kappa shape index (κ2) is 6.58. The highest BCUT2D eigenvalue weighted by Crippen LogP contribution is 2.29. The van der Waals surface area contributed by atoms with Crippen LogP contribution in [0.1, 0.15) is 20.4 Å². The first kappa shape index (κ1) is 15.8. The molecule has 0 spiro atoms. The van der Waals surface area contributed by atoms with Crippen LogP contribution in [0, 0.1) is 13.8 Å². The van der Waals surface area contributed by atoms with Gasteiger partial charge in [0.2, 0.25) is 0 Å². The van der Waals surface area contributed by atoms with Crippen molar-refractivity contribution in [2.24, 2.45) is 0 Å². The minimum Gasteiger partial charge on any atom is -0.495 e. The molecule has 0 saturated carbocycles. The Morgan fingerprint density at radius 3 is 2.48 bits per heavy atom. The van der Waals surface area contributed by atoms with Crippen LogP contribution in [0.2, 0.25) is 0 Å². The summed E-state index contributed by atoms with van der Waals surface area (Å²) in [5, 5.41) is 0.943. The molecule has 1 saturated heterocycles. The molecule has 3 rings (SSSR count). The fourth-order valence-electron chi connectivity index (χ4n) is 2.91. The topological polar surface area (TPSA) is 45.7 Å². The van der Waals surface area contributed by atoms with Crippen molar-refractivity contribution in [3.05, 3.63) is 39.8 Å². The Balaban J connectivity index is 1.69. The second-order valence-electron chi connectivity index (χ2n) is 5.60. The van der Waals surface area contributed by atoms with Crippen LogP contribution in [0.25, 0.3) is 0 Å². The van der Waals surface area contributed by atoms with Gasteiger partial charge in [-0.2, -0.15) is 0 Å². The number of hydrogen-bond acceptors (Lipinski definition) is 5. The summed E-state index contributed by atoms with van der Waals surface area (Å²) in [6.07, 6.45) is 0. The third-order valence-corrected chi connectivity index (χ3v) is 5.15. The van der Waals surface area contributed by atoms with E-state index in [1.165, 1.54) is 11.3 Å². The first-order valence-corrected chi connectivity index (χ1v) is 8.53. The molecule has 6 heteroatoms. The largest absolute Gasteiger partial charge is 0.495 e. The molecule has 1 aromatic carbocycles. The van der Waals surface area contributed by atoms with Gasteiger partial charge in [-0.15, -0.1) is 11.3 Å². The van der Waals surface area contributed by atoms with E-state index >= 15 is 0 Å². The molecule has 23 heavy (non-hydrogen) atoms. The fourth-order valence-corrected chi connectivity index (χ4v) is 3.80. The number of rotatable bonds is 3. The summed E-state index contributed by atoms with van der Waals surface area (Å²) in [5.41, 5.74) is 1.93. The number of thiazole rings is 1. The molecule has 0 aliphatic carbocycles. The number of benzene rings is 1. The molecule has 0 bridgehead atoms. The summed E-state index contributed by atoms with van der Waals surface area (Å²) in [4.78, 5) is 22.0. The molecule has 1 amide bonds. The number of nitrogens with zero attached hydrogens (tertiary/aromatic N) is 3. The van der Waals surface area contributed by atoms with Crippen LogP contribution in [0.4, 0.5) is 5.69 Å². The second-order valence-corrected chi connectivity index (χ2v) is 6.80. The lowest BCUT2D eigenvalue weighted by Crippen LogP contribution is -2.48. The van der Waals surface area contributed by atoms with Gasteiger partial charge >= 0.3 is 0 Å². The first-order chi connectivity index (χ1) is 11.1. The molecule has 0 unspecified atom stereocenters. The number of amides is 1. The van der Waals surface area contributed by atoms with Crippen molar-refractivity contribution in [3.8, 4) is 5.75 Å². The molecule has 122 valence electrons. The number of aromatic nitrogens is 1. The SMILES string of the molecule is COc1ccccc1N1CCN(C(=O)c2sc(C)nc2C)CC1. The lowest BCUT2D eigenvalue weighted by Gasteiger charge is -2.36. The molecule has 1 aliphatic rings. The van der Waals surface area contributed by atoms with Crippen molar-refractivity contribution in [2.75, 3.05) is 38.2 Å². The molecular weight excluding hydrogens is 310 g/mol. The van der Waals surface area contributed by atoms with Crippen LogP contribution in [-0.2, 0) is 0 Å². The first-order valence-electron chi connectivity index (χ1n) is 7.71. The highest BCUT2D eigenvalue weighted by molar-refractivity contribution is 7.13. The van der Waals surface area contributed by atoms with E-state index in [1.54, 1.807) is 7.11 Å². The monoisotopic (exact) mass is 331 g/mol. The number of methoxy groups -OCH3 is 1. The van der Waals surface area contributed by atoms with Crippen molar-refractivity contribution in [3.63, 3.8) is 0 Å². The number of hydrogen-bond donors (Lipinski definition) is 0. The van der Waals surface area contributed by atoms with Crippen LogP contribution in [0.3, 0.4) is 0 Å². The van der Waals surface area contributed by atoms with Gasteiger partial charge in [0, 0.05) is 26.2 Å². The van der Waals surface area contributed by atoms with Crippen LogP contribution in [0.15, 0.2) is 24.3 Å². The van der Waals surface area contributed by atoms with Crippen LogP contribution < -0.4 is 9.64 Å². The number of aryl methyl sites for hydroxylation is 2. The van der Waals surface area contributed by atoms with E-state index in [4.69, 9.17) is 4.74 Å². The number of para-hydroxylation sites is 2. The van der Waals surface area contributed by atoms with Gasteiger partial charge < -0.3 is 14.5 Å². The summed E-state index contributed by atoms with van der Waals surface area (Å²) in [6.45, 7) is 6.89. The molecular formula is C17H21N3O2S. The fraction of sp³-hybridized carbons (Fsp3) is 0.412. The zero-order valence-electron chi connectivity index (χ0n) is 13.7. The average Bonchev–Trinajstić information content (AvgIpc) is 2.92. The van der Waals surface area contributed by atoms with Crippen LogP contribution in [0.5, 0.6) is 5.75 Å². The number of carbonyl (C=O) groups is 1. The quantitative estimate of drug-likeness (QED) is 0.867. The van der Waals surface area contributed by atoms with E-state index in [9.17, 15) is 4.79 Å². The number of ether oxygens (including phenoxy) is 1. The van der Waals surface area contributed by atoms with Gasteiger partial charge in [0.05, 0.1) is 23.5 Å². The Bertz CT molecular complexity index is 706. The normalized spacial score (nSPS) is 14.9. The van der Waals surface area contributed by atoms with E-state index < -0.39 is 0 Å². The Morgan fingerprint density at radius 2 is 1.87 bits per heavy atom. The summed E-state index contributed by atoms with van der Waals surface area (Å²) in [6, 6.07) is 8.01. The standard InChI is InChI=1S/C17H21N3O2S/c1-12-16(23-13(2)18-12)17(21)20-10-8-19(9-11-20)14-6-4-5-7-15(14)22-3/h4-7H,8-11H2,1-3H3. The summed E-state index contributed by atoms with van der Waals surface area (Å²) in [5.74, 6) is 0.981. The van der Waals surface area contributed by atoms with E-state index in [1.807, 2.05) is 36.9 Å². The van der Waals surface area contributed by atoms with Gasteiger partial charge in [0.1, 0.15) is 10.6 Å². The Hall–Kier alpha value is -2.08. The maximum absolute atomic E-state index is 12.7. The van der Waals surface area contributed by atoms with E-state index in [2.05, 4.69) is 16.0 Å². The highest BCUT2D eigenvalue weighted by atomic mass is 32.1. The van der Waals surface area contributed by atoms with Crippen molar-refractivity contribution in [1.82, 2.24) is 9.88 Å². The predicted octanol–water partition coefficient (Wildman–Crippen LogP) is 2.73. The molecule has 0 N–H and O–H groups in total. The van der Waals surface area contributed by atoms with Crippen LogP contribution >= 0.6 is 11.3 Å². The van der Waals surface area contributed by atoms with Gasteiger partial charge in [0.25, 0.3) is 5.91 Å². The van der Waals surface area contributed by atoms with Crippen molar-refractivity contribution in [1.29, 1.82) is 0 Å². The zero-order valence-corrected chi connectivity index (χ0v) is 14.5. The maximum Gasteiger partial charge on any atom is 0.265 e. The van der Waals surface area contributed by atoms with Crippen molar-refractivity contribution < 1.29 is 9.53 Å². The summed E-state index contributed by atoms with van der Waals surface area (Å²) < 4.78 is 5.43. The van der Waals surface area contributed by atoms with Crippen molar-refractivity contribution in [2.45, 2.75) is 13.8 Å². The minimum atomic E-state index is 0.104. The summed E-state index contributed by atoms with van der Waals surface area (Å²) in [7, 11) is 1.69. The number of piperazine rings is 1. The van der Waals surface area contributed by atoms with E-state index in [-0.39, 0.29) is 5.91 Å². The van der Waals surface area contributed by atoms with E-state index in [0.29, 0.717) is 13.1 Å². The maximum atomic E-state index is 12.7. The van der Waals surface area contributed by atoms with Gasteiger partial charge in [-0.3, -0.25) is 4.79 Å². The Morgan fingerprint density at radius 1 is 1.17 bits per heavy atom. The smallest absolute Gasteiger partial charge is 0.265 e. The van der Waals surface area contributed by atoms with Gasteiger partial charge in [-0.25, -0.2) is 4.98 Å². The van der Waals surface area contributed by atoms with Crippen molar-refractivity contribution >= 4 is 22.9 Å². The predicted molar refractivity (Wildman–Crippen MR) is 92.7 cm³/mol.